The molecule has 0 aromatic rings. The van der Waals surface area contributed by atoms with Gasteiger partial charge in [0.15, 0.2) is 5.41 Å². The zero-order valence-corrected chi connectivity index (χ0v) is 20.6. The van der Waals surface area contributed by atoms with Crippen LogP contribution in [0, 0.1) is 16.2 Å². The number of hydrogen-bond acceptors (Lipinski definition) is 4. The third kappa shape index (κ3) is 8.30. The van der Waals surface area contributed by atoms with Crippen LogP contribution in [0.3, 0.4) is 0 Å². The number of ether oxygens (including phenoxy) is 2. The number of carbonyl (C=O) groups excluding carboxylic acids is 2. The van der Waals surface area contributed by atoms with Gasteiger partial charge in [0.2, 0.25) is 0 Å². The summed E-state index contributed by atoms with van der Waals surface area (Å²) in [7, 11) is 0. The van der Waals surface area contributed by atoms with Crippen molar-refractivity contribution in [1.29, 1.82) is 0 Å². The lowest BCUT2D eigenvalue weighted by Crippen LogP contribution is -2.59. The summed E-state index contributed by atoms with van der Waals surface area (Å²) in [4.78, 5) is 26.7. The van der Waals surface area contributed by atoms with Crippen LogP contribution in [-0.2, 0) is 19.1 Å². The molecule has 0 saturated carbocycles. The maximum Gasteiger partial charge on any atom is 0.324 e. The normalized spacial score (nSPS) is 12.7. The van der Waals surface area contributed by atoms with Gasteiger partial charge < -0.3 is 9.47 Å². The Morgan fingerprint density at radius 3 is 1.14 bits per heavy atom. The fourth-order valence-electron chi connectivity index (χ4n) is 4.39. The molecule has 0 radical (unpaired) electrons. The van der Waals surface area contributed by atoms with Crippen molar-refractivity contribution in [2.75, 3.05) is 13.2 Å². The van der Waals surface area contributed by atoms with E-state index in [0.29, 0.717) is 13.2 Å². The summed E-state index contributed by atoms with van der Waals surface area (Å²) in [5.74, 6) is -0.882. The lowest BCUT2D eigenvalue weighted by Gasteiger charge is -2.48. The second-order valence-electron chi connectivity index (χ2n) is 10.4. The highest BCUT2D eigenvalue weighted by atomic mass is 16.6. The van der Waals surface area contributed by atoms with Crippen molar-refractivity contribution in [3.63, 3.8) is 0 Å². The van der Waals surface area contributed by atoms with Crippen LogP contribution in [0.25, 0.3) is 0 Å². The smallest absolute Gasteiger partial charge is 0.324 e. The second-order valence-corrected chi connectivity index (χ2v) is 10.4. The Labute approximate surface area is 180 Å². The quantitative estimate of drug-likeness (QED) is 0.173. The van der Waals surface area contributed by atoms with Crippen LogP contribution in [0.15, 0.2) is 0 Å². The summed E-state index contributed by atoms with van der Waals surface area (Å²) in [6, 6.07) is 0. The van der Waals surface area contributed by atoms with Gasteiger partial charge in [0, 0.05) is 0 Å². The van der Waals surface area contributed by atoms with E-state index in [-0.39, 0.29) is 0 Å². The molecule has 4 nitrogen and oxygen atoms in total. The average molecular weight is 413 g/mol. The van der Waals surface area contributed by atoms with Crippen molar-refractivity contribution in [3.05, 3.63) is 0 Å². The molecule has 0 rings (SSSR count). The highest BCUT2D eigenvalue weighted by Gasteiger charge is 2.64. The Kier molecular flexibility index (Phi) is 12.8. The van der Waals surface area contributed by atoms with Crippen LogP contribution < -0.4 is 0 Å². The fourth-order valence-corrected chi connectivity index (χ4v) is 4.39. The number of esters is 2. The van der Waals surface area contributed by atoms with Gasteiger partial charge in [-0.1, -0.05) is 107 Å². The lowest BCUT2D eigenvalue weighted by atomic mass is 9.54. The van der Waals surface area contributed by atoms with E-state index in [1.54, 1.807) is 0 Å². The van der Waals surface area contributed by atoms with E-state index in [1.165, 1.54) is 25.7 Å². The molecular weight excluding hydrogens is 364 g/mol. The van der Waals surface area contributed by atoms with Gasteiger partial charge >= 0.3 is 11.9 Å². The topological polar surface area (TPSA) is 52.6 Å². The Morgan fingerprint density at radius 2 is 0.862 bits per heavy atom. The first-order chi connectivity index (χ1) is 13.5. The minimum Gasteiger partial charge on any atom is -0.465 e. The SMILES string of the molecule is CCCCCCCOC(=O)C(C(=O)OCCCCCCC)(C(C)(C)C)C(C)(C)C. The van der Waals surface area contributed by atoms with Crippen molar-refractivity contribution in [3.8, 4) is 0 Å². The first-order valence-corrected chi connectivity index (χ1v) is 11.8. The average Bonchev–Trinajstić information content (AvgIpc) is 2.59. The molecule has 0 aromatic heterocycles. The zero-order chi connectivity index (χ0) is 22.6. The Bertz CT molecular complexity index is 424. The summed E-state index contributed by atoms with van der Waals surface area (Å²) in [6.07, 6.45) is 10.8. The molecule has 0 heterocycles. The van der Waals surface area contributed by atoms with Gasteiger partial charge in [-0.2, -0.15) is 0 Å². The summed E-state index contributed by atoms with van der Waals surface area (Å²) in [5, 5.41) is 0. The summed E-state index contributed by atoms with van der Waals surface area (Å²) in [6.45, 7) is 16.7. The van der Waals surface area contributed by atoms with Crippen molar-refractivity contribution >= 4 is 11.9 Å². The maximum atomic E-state index is 13.3. The third-order valence-corrected chi connectivity index (χ3v) is 5.82. The predicted molar refractivity (Wildman–Crippen MR) is 121 cm³/mol. The van der Waals surface area contributed by atoms with Crippen molar-refractivity contribution in [1.82, 2.24) is 0 Å². The van der Waals surface area contributed by atoms with E-state index >= 15 is 0 Å². The van der Waals surface area contributed by atoms with Gasteiger partial charge in [-0.25, -0.2) is 0 Å². The summed E-state index contributed by atoms with van der Waals surface area (Å²) >= 11 is 0. The second kappa shape index (κ2) is 13.3. The van der Waals surface area contributed by atoms with Crippen molar-refractivity contribution < 1.29 is 19.1 Å². The molecule has 172 valence electrons. The van der Waals surface area contributed by atoms with Crippen LogP contribution in [0.1, 0.15) is 120 Å². The number of hydrogen-bond donors (Lipinski definition) is 0. The first kappa shape index (κ1) is 27.9. The summed E-state index contributed by atoms with van der Waals surface area (Å²) in [5.41, 5.74) is -2.58. The molecule has 0 amide bonds. The molecule has 0 unspecified atom stereocenters. The van der Waals surface area contributed by atoms with Crippen LogP contribution in [0.4, 0.5) is 0 Å². The van der Waals surface area contributed by atoms with E-state index in [0.717, 1.165) is 38.5 Å². The van der Waals surface area contributed by atoms with Crippen LogP contribution in [-0.4, -0.2) is 25.2 Å². The molecule has 0 aromatic carbocycles. The van der Waals surface area contributed by atoms with E-state index in [4.69, 9.17) is 9.47 Å². The van der Waals surface area contributed by atoms with Crippen LogP contribution in [0.2, 0.25) is 0 Å². The molecule has 0 aliphatic rings. The molecule has 0 atom stereocenters. The van der Waals surface area contributed by atoms with Gasteiger partial charge in [-0.3, -0.25) is 9.59 Å². The molecular formula is C25H48O4. The Balaban J connectivity index is 5.21. The van der Waals surface area contributed by atoms with E-state index in [9.17, 15) is 9.59 Å². The minimum absolute atomic E-state index is 0.362. The minimum atomic E-state index is -1.34. The van der Waals surface area contributed by atoms with Crippen molar-refractivity contribution in [2.24, 2.45) is 16.2 Å². The molecule has 0 bridgehead atoms. The highest BCUT2D eigenvalue weighted by Crippen LogP contribution is 2.53. The van der Waals surface area contributed by atoms with Crippen LogP contribution >= 0.6 is 0 Å². The van der Waals surface area contributed by atoms with Gasteiger partial charge in [0.25, 0.3) is 0 Å². The van der Waals surface area contributed by atoms with E-state index in [2.05, 4.69) is 13.8 Å². The standard InChI is InChI=1S/C25H48O4/c1-9-11-13-15-17-19-28-21(26)25(23(3,4)5,24(6,7)8)22(27)29-20-18-16-14-12-10-2/h9-20H2,1-8H3. The monoisotopic (exact) mass is 412 g/mol. The lowest BCUT2D eigenvalue weighted by molar-refractivity contribution is -0.194. The fraction of sp³-hybridized carbons (Fsp3) is 0.920. The van der Waals surface area contributed by atoms with E-state index in [1.807, 2.05) is 41.5 Å². The first-order valence-electron chi connectivity index (χ1n) is 11.8. The number of unbranched alkanes of at least 4 members (excludes halogenated alkanes) is 8. The molecule has 29 heavy (non-hydrogen) atoms. The zero-order valence-electron chi connectivity index (χ0n) is 20.6. The van der Waals surface area contributed by atoms with Gasteiger partial charge in [0.05, 0.1) is 13.2 Å². The predicted octanol–water partition coefficient (Wildman–Crippen LogP) is 7.09. The molecule has 0 aliphatic heterocycles. The van der Waals surface area contributed by atoms with Crippen LogP contribution in [0.5, 0.6) is 0 Å². The van der Waals surface area contributed by atoms with Gasteiger partial charge in [-0.05, 0) is 23.7 Å². The van der Waals surface area contributed by atoms with Crippen molar-refractivity contribution in [2.45, 2.75) is 120 Å². The number of rotatable bonds is 14. The maximum absolute atomic E-state index is 13.3. The highest BCUT2D eigenvalue weighted by molar-refractivity contribution is 6.02. The van der Waals surface area contributed by atoms with Gasteiger partial charge in [-0.15, -0.1) is 0 Å². The molecule has 0 spiro atoms. The van der Waals surface area contributed by atoms with E-state index < -0.39 is 28.2 Å². The van der Waals surface area contributed by atoms with Gasteiger partial charge in [0.1, 0.15) is 0 Å². The number of carbonyl (C=O) groups is 2. The molecule has 0 saturated heterocycles. The molecule has 0 aliphatic carbocycles. The molecule has 0 N–H and O–H groups in total. The summed E-state index contributed by atoms with van der Waals surface area (Å²) < 4.78 is 11.4. The molecule has 4 heteroatoms. The third-order valence-electron chi connectivity index (χ3n) is 5.82. The Morgan fingerprint density at radius 1 is 0.552 bits per heavy atom. The largest absolute Gasteiger partial charge is 0.465 e. The molecule has 0 fully saturated rings. The Hall–Kier alpha value is -1.06.